The van der Waals surface area contributed by atoms with Crippen molar-refractivity contribution in [3.05, 3.63) is 74.8 Å². The molecule has 1 aliphatic rings. The van der Waals surface area contributed by atoms with Crippen molar-refractivity contribution in [3.8, 4) is 0 Å². The quantitative estimate of drug-likeness (QED) is 0.452. The summed E-state index contributed by atoms with van der Waals surface area (Å²) >= 11 is 0. The molecule has 0 aliphatic heterocycles. The summed E-state index contributed by atoms with van der Waals surface area (Å²) in [6.07, 6.45) is 4.06. The molecule has 0 bridgehead atoms. The highest BCUT2D eigenvalue weighted by Gasteiger charge is 2.38. The Labute approximate surface area is 172 Å². The lowest BCUT2D eigenvalue weighted by Crippen LogP contribution is -2.45. The van der Waals surface area contributed by atoms with E-state index in [4.69, 9.17) is 4.42 Å². The molecule has 8 heteroatoms. The number of rotatable bonds is 8. The monoisotopic (exact) mass is 409 g/mol. The molecule has 0 unspecified atom stereocenters. The predicted molar refractivity (Wildman–Crippen MR) is 111 cm³/mol. The molecular weight excluding hydrogens is 386 g/mol. The van der Waals surface area contributed by atoms with Crippen LogP contribution in [0.15, 0.2) is 57.7 Å². The standard InChI is InChI=1S/C22H23N3O5/c26-20(23-15-22(11-5-12-22)16-6-2-1-3-7-16)8-4-13-24-18-10-9-17(25(28)29)14-19(18)30-21(24)27/h1-3,6-7,9-10,14H,4-5,8,11-13,15H2,(H,23,26). The lowest BCUT2D eigenvalue weighted by molar-refractivity contribution is -0.384. The highest BCUT2D eigenvalue weighted by atomic mass is 16.6. The molecule has 2 aromatic carbocycles. The average Bonchev–Trinajstić information content (AvgIpc) is 3.02. The molecule has 1 amide bonds. The van der Waals surface area contributed by atoms with Gasteiger partial charge in [0.05, 0.1) is 16.5 Å². The summed E-state index contributed by atoms with van der Waals surface area (Å²) in [4.78, 5) is 34.8. The number of fused-ring (bicyclic) bond motifs is 1. The van der Waals surface area contributed by atoms with Crippen LogP contribution in [0.2, 0.25) is 0 Å². The first-order chi connectivity index (χ1) is 14.5. The lowest BCUT2D eigenvalue weighted by atomic mass is 9.64. The highest BCUT2D eigenvalue weighted by Crippen LogP contribution is 2.43. The van der Waals surface area contributed by atoms with Crippen LogP contribution >= 0.6 is 0 Å². The Balaban J connectivity index is 1.33. The number of non-ortho nitro benzene ring substituents is 1. The number of carbonyl (C=O) groups excluding carboxylic acids is 1. The van der Waals surface area contributed by atoms with E-state index in [1.807, 2.05) is 18.2 Å². The topological polar surface area (TPSA) is 107 Å². The minimum atomic E-state index is -0.580. The van der Waals surface area contributed by atoms with Gasteiger partial charge < -0.3 is 9.73 Å². The fourth-order valence-electron chi connectivity index (χ4n) is 4.10. The first-order valence-corrected chi connectivity index (χ1v) is 10.1. The van der Waals surface area contributed by atoms with E-state index < -0.39 is 10.7 Å². The van der Waals surface area contributed by atoms with Crippen LogP contribution in [-0.2, 0) is 16.8 Å². The van der Waals surface area contributed by atoms with Crippen molar-refractivity contribution in [2.45, 2.75) is 44.1 Å². The number of oxazole rings is 1. The van der Waals surface area contributed by atoms with Gasteiger partial charge in [0.1, 0.15) is 0 Å². The summed E-state index contributed by atoms with van der Waals surface area (Å²) in [5, 5.41) is 13.9. The van der Waals surface area contributed by atoms with Crippen molar-refractivity contribution in [1.29, 1.82) is 0 Å². The summed E-state index contributed by atoms with van der Waals surface area (Å²) in [7, 11) is 0. The third-order valence-corrected chi connectivity index (χ3v) is 5.97. The van der Waals surface area contributed by atoms with Gasteiger partial charge in [0, 0.05) is 31.0 Å². The molecule has 1 aliphatic carbocycles. The maximum atomic E-state index is 12.4. The number of hydrogen-bond acceptors (Lipinski definition) is 5. The summed E-state index contributed by atoms with van der Waals surface area (Å²) < 4.78 is 6.52. The summed E-state index contributed by atoms with van der Waals surface area (Å²) in [5.41, 5.74) is 1.83. The molecule has 1 aromatic heterocycles. The van der Waals surface area contributed by atoms with E-state index in [0.29, 0.717) is 25.0 Å². The van der Waals surface area contributed by atoms with Gasteiger partial charge in [-0.1, -0.05) is 36.8 Å². The van der Waals surface area contributed by atoms with Gasteiger partial charge in [-0.25, -0.2) is 4.79 Å². The third-order valence-electron chi connectivity index (χ3n) is 5.97. The molecule has 0 spiro atoms. The minimum absolute atomic E-state index is 0.0311. The van der Waals surface area contributed by atoms with E-state index in [1.165, 1.54) is 34.8 Å². The summed E-state index contributed by atoms with van der Waals surface area (Å²) in [6, 6.07) is 14.4. The Kier molecular flexibility index (Phi) is 5.39. The lowest BCUT2D eigenvalue weighted by Gasteiger charge is -2.42. The van der Waals surface area contributed by atoms with Crippen LogP contribution in [0.1, 0.15) is 37.7 Å². The van der Waals surface area contributed by atoms with Gasteiger partial charge in [-0.2, -0.15) is 0 Å². The van der Waals surface area contributed by atoms with Gasteiger partial charge in [-0.05, 0) is 30.9 Å². The smallest absolute Gasteiger partial charge is 0.407 e. The number of aromatic nitrogens is 1. The number of hydrogen-bond donors (Lipinski definition) is 1. The molecule has 1 saturated carbocycles. The Morgan fingerprint density at radius 3 is 2.63 bits per heavy atom. The van der Waals surface area contributed by atoms with Gasteiger partial charge >= 0.3 is 5.76 Å². The van der Waals surface area contributed by atoms with Crippen molar-refractivity contribution in [1.82, 2.24) is 9.88 Å². The van der Waals surface area contributed by atoms with Crippen molar-refractivity contribution in [2.75, 3.05) is 6.54 Å². The Hall–Kier alpha value is -3.42. The third kappa shape index (κ3) is 3.85. The van der Waals surface area contributed by atoms with E-state index in [9.17, 15) is 19.7 Å². The second-order valence-electron chi connectivity index (χ2n) is 7.81. The number of aryl methyl sites for hydroxylation is 1. The molecule has 1 heterocycles. The van der Waals surface area contributed by atoms with Crippen LogP contribution in [0.4, 0.5) is 5.69 Å². The predicted octanol–water partition coefficient (Wildman–Crippen LogP) is 3.52. The molecule has 0 radical (unpaired) electrons. The van der Waals surface area contributed by atoms with Crippen LogP contribution in [-0.4, -0.2) is 21.9 Å². The Bertz CT molecular complexity index is 1130. The van der Waals surface area contributed by atoms with Gasteiger partial charge in [-0.3, -0.25) is 19.5 Å². The largest absolute Gasteiger partial charge is 0.419 e. The zero-order chi connectivity index (χ0) is 21.1. The van der Waals surface area contributed by atoms with E-state index in [1.54, 1.807) is 0 Å². The fourth-order valence-corrected chi connectivity index (χ4v) is 4.10. The zero-order valence-corrected chi connectivity index (χ0v) is 16.5. The zero-order valence-electron chi connectivity index (χ0n) is 16.5. The Morgan fingerprint density at radius 1 is 1.20 bits per heavy atom. The van der Waals surface area contributed by atoms with Crippen molar-refractivity contribution >= 4 is 22.7 Å². The van der Waals surface area contributed by atoms with Gasteiger partial charge in [-0.15, -0.1) is 0 Å². The van der Waals surface area contributed by atoms with Crippen molar-refractivity contribution in [2.24, 2.45) is 0 Å². The Morgan fingerprint density at radius 2 is 1.97 bits per heavy atom. The van der Waals surface area contributed by atoms with Gasteiger partial charge in [0.2, 0.25) is 5.91 Å². The number of benzene rings is 2. The van der Waals surface area contributed by atoms with E-state index in [-0.39, 0.29) is 29.0 Å². The SMILES string of the molecule is O=C(CCCn1c(=O)oc2cc([N+](=O)[O-])ccc21)NCC1(c2ccccc2)CCC1. The maximum absolute atomic E-state index is 12.4. The van der Waals surface area contributed by atoms with Gasteiger partial charge in [0.15, 0.2) is 5.58 Å². The number of amides is 1. The number of nitrogens with zero attached hydrogens (tertiary/aromatic N) is 2. The van der Waals surface area contributed by atoms with Crippen molar-refractivity contribution in [3.63, 3.8) is 0 Å². The molecule has 0 saturated heterocycles. The van der Waals surface area contributed by atoms with Crippen LogP contribution in [0.25, 0.3) is 11.1 Å². The first kappa shape index (κ1) is 19.9. The number of nitro benzene ring substituents is 1. The molecule has 156 valence electrons. The molecule has 0 atom stereocenters. The second-order valence-corrected chi connectivity index (χ2v) is 7.81. The molecular formula is C22H23N3O5. The molecule has 1 N–H and O–H groups in total. The normalized spacial score (nSPS) is 14.9. The summed E-state index contributed by atoms with van der Waals surface area (Å²) in [5.74, 6) is -0.628. The van der Waals surface area contributed by atoms with E-state index in [0.717, 1.165) is 12.8 Å². The molecule has 1 fully saturated rings. The van der Waals surface area contributed by atoms with Gasteiger partial charge in [0.25, 0.3) is 5.69 Å². The number of carbonyl (C=O) groups is 1. The first-order valence-electron chi connectivity index (χ1n) is 10.1. The number of nitro groups is 1. The van der Waals surface area contributed by atoms with E-state index in [2.05, 4.69) is 17.4 Å². The maximum Gasteiger partial charge on any atom is 0.419 e. The second kappa shape index (κ2) is 8.14. The average molecular weight is 409 g/mol. The number of nitrogens with one attached hydrogen (secondary N) is 1. The molecule has 30 heavy (non-hydrogen) atoms. The highest BCUT2D eigenvalue weighted by molar-refractivity contribution is 5.77. The van der Waals surface area contributed by atoms with Crippen LogP contribution in [0.5, 0.6) is 0 Å². The van der Waals surface area contributed by atoms with Crippen LogP contribution in [0.3, 0.4) is 0 Å². The van der Waals surface area contributed by atoms with Crippen LogP contribution in [0, 0.1) is 10.1 Å². The van der Waals surface area contributed by atoms with E-state index >= 15 is 0 Å². The molecule has 4 rings (SSSR count). The molecule has 8 nitrogen and oxygen atoms in total. The summed E-state index contributed by atoms with van der Waals surface area (Å²) in [6.45, 7) is 0.926. The van der Waals surface area contributed by atoms with Crippen molar-refractivity contribution < 1.29 is 14.1 Å². The molecule has 3 aromatic rings. The minimum Gasteiger partial charge on any atom is -0.407 e. The van der Waals surface area contributed by atoms with Crippen LogP contribution < -0.4 is 11.1 Å². The fraction of sp³-hybridized carbons (Fsp3) is 0.364.